The molecule has 0 radical (unpaired) electrons. The second-order valence-electron chi connectivity index (χ2n) is 6.27. The number of hydrogen-bond donors (Lipinski definition) is 2. The summed E-state index contributed by atoms with van der Waals surface area (Å²) in [6, 6.07) is -0.916. The molecule has 0 bridgehead atoms. The summed E-state index contributed by atoms with van der Waals surface area (Å²) in [6.07, 6.45) is 1.38. The highest BCUT2D eigenvalue weighted by atomic mass is 16.5. The van der Waals surface area contributed by atoms with Crippen LogP contribution in [-0.2, 0) is 14.3 Å². The van der Waals surface area contributed by atoms with Crippen LogP contribution in [0.5, 0.6) is 0 Å². The molecule has 2 aliphatic heterocycles. The Bertz CT molecular complexity index is 394. The van der Waals surface area contributed by atoms with E-state index in [1.54, 1.807) is 0 Å². The van der Waals surface area contributed by atoms with Gasteiger partial charge in [0.2, 0.25) is 5.91 Å². The summed E-state index contributed by atoms with van der Waals surface area (Å²) in [6.45, 7) is 8.77. The first-order chi connectivity index (χ1) is 10.5. The summed E-state index contributed by atoms with van der Waals surface area (Å²) in [4.78, 5) is 27.5. The number of carboxylic acid groups (broad SMARTS) is 1. The maximum Gasteiger partial charge on any atom is 0.320 e. The quantitative estimate of drug-likeness (QED) is 0.704. The van der Waals surface area contributed by atoms with E-state index in [4.69, 9.17) is 9.84 Å². The third-order valence-corrected chi connectivity index (χ3v) is 4.29. The van der Waals surface area contributed by atoms with Crippen LogP contribution in [0.25, 0.3) is 0 Å². The van der Waals surface area contributed by atoms with Gasteiger partial charge in [-0.2, -0.15) is 0 Å². The molecular formula is C15H27N3O4. The third-order valence-electron chi connectivity index (χ3n) is 4.29. The summed E-state index contributed by atoms with van der Waals surface area (Å²) in [5, 5.41) is 11.9. The number of aliphatic carboxylic acids is 1. The normalized spacial score (nSPS) is 26.6. The molecule has 2 saturated heterocycles. The Hall–Kier alpha value is -1.18. The molecule has 126 valence electrons. The van der Waals surface area contributed by atoms with Gasteiger partial charge in [-0.1, -0.05) is 0 Å². The smallest absolute Gasteiger partial charge is 0.320 e. The molecule has 7 heteroatoms. The van der Waals surface area contributed by atoms with Gasteiger partial charge < -0.3 is 14.7 Å². The number of hydrogen-bond acceptors (Lipinski definition) is 5. The number of rotatable bonds is 6. The molecule has 0 unspecified atom stereocenters. The van der Waals surface area contributed by atoms with Gasteiger partial charge in [-0.3, -0.25) is 19.8 Å². The molecule has 1 amide bonds. The predicted octanol–water partition coefficient (Wildman–Crippen LogP) is -0.239. The fourth-order valence-corrected chi connectivity index (χ4v) is 2.96. The highest BCUT2D eigenvalue weighted by molar-refractivity contribution is 5.84. The van der Waals surface area contributed by atoms with E-state index in [1.165, 1.54) is 0 Å². The van der Waals surface area contributed by atoms with E-state index >= 15 is 0 Å². The van der Waals surface area contributed by atoms with Gasteiger partial charge in [0.15, 0.2) is 0 Å². The second-order valence-corrected chi connectivity index (χ2v) is 6.27. The molecule has 2 rings (SSSR count). The maximum absolute atomic E-state index is 12.4. The third kappa shape index (κ3) is 4.66. The molecular weight excluding hydrogens is 286 g/mol. The average Bonchev–Trinajstić information content (AvgIpc) is 2.97. The molecule has 0 aromatic carbocycles. The van der Waals surface area contributed by atoms with Gasteiger partial charge in [-0.25, -0.2) is 0 Å². The van der Waals surface area contributed by atoms with Crippen molar-refractivity contribution in [3.05, 3.63) is 0 Å². The van der Waals surface area contributed by atoms with Crippen molar-refractivity contribution in [2.24, 2.45) is 0 Å². The highest BCUT2D eigenvalue weighted by Crippen LogP contribution is 2.16. The summed E-state index contributed by atoms with van der Waals surface area (Å²) < 4.78 is 5.55. The van der Waals surface area contributed by atoms with Crippen LogP contribution < -0.4 is 5.32 Å². The summed E-state index contributed by atoms with van der Waals surface area (Å²) in [5.74, 6) is -0.827. The Morgan fingerprint density at radius 2 is 1.82 bits per heavy atom. The number of piperazine rings is 1. The van der Waals surface area contributed by atoms with Crippen molar-refractivity contribution < 1.29 is 19.4 Å². The largest absolute Gasteiger partial charge is 0.480 e. The molecule has 22 heavy (non-hydrogen) atoms. The SMILES string of the molecule is CC(C)OCCN1CCN(C(=O)[C@H]2CC[C@@H](C(=O)O)N2)CC1. The fourth-order valence-electron chi connectivity index (χ4n) is 2.96. The van der Waals surface area contributed by atoms with Gasteiger partial charge in [0.05, 0.1) is 18.8 Å². The number of ether oxygens (including phenoxy) is 1. The van der Waals surface area contributed by atoms with Gasteiger partial charge in [-0.05, 0) is 26.7 Å². The Kier molecular flexibility index (Phi) is 6.16. The average molecular weight is 313 g/mol. The van der Waals surface area contributed by atoms with E-state index in [2.05, 4.69) is 10.2 Å². The highest BCUT2D eigenvalue weighted by Gasteiger charge is 2.35. The minimum absolute atomic E-state index is 0.0434. The minimum Gasteiger partial charge on any atom is -0.480 e. The Morgan fingerprint density at radius 1 is 1.18 bits per heavy atom. The van der Waals surface area contributed by atoms with E-state index in [0.717, 1.165) is 26.2 Å². The van der Waals surface area contributed by atoms with Crippen molar-refractivity contribution in [1.29, 1.82) is 0 Å². The first-order valence-electron chi connectivity index (χ1n) is 8.09. The first-order valence-corrected chi connectivity index (χ1v) is 8.09. The van der Waals surface area contributed by atoms with Gasteiger partial charge in [0.25, 0.3) is 0 Å². The van der Waals surface area contributed by atoms with Crippen molar-refractivity contribution in [3.8, 4) is 0 Å². The zero-order valence-electron chi connectivity index (χ0n) is 13.5. The van der Waals surface area contributed by atoms with Gasteiger partial charge in [0.1, 0.15) is 6.04 Å². The maximum atomic E-state index is 12.4. The monoisotopic (exact) mass is 313 g/mol. The lowest BCUT2D eigenvalue weighted by Crippen LogP contribution is -2.54. The molecule has 0 aromatic heterocycles. The summed E-state index contributed by atoms with van der Waals surface area (Å²) >= 11 is 0. The summed E-state index contributed by atoms with van der Waals surface area (Å²) in [5.41, 5.74) is 0. The van der Waals surface area contributed by atoms with Crippen LogP contribution in [-0.4, -0.2) is 84.3 Å². The van der Waals surface area contributed by atoms with Gasteiger partial charge in [0, 0.05) is 32.7 Å². The number of nitrogens with zero attached hydrogens (tertiary/aromatic N) is 2. The van der Waals surface area contributed by atoms with Crippen molar-refractivity contribution in [2.45, 2.75) is 44.9 Å². The molecule has 2 atom stereocenters. The topological polar surface area (TPSA) is 82.1 Å². The molecule has 7 nitrogen and oxygen atoms in total. The fraction of sp³-hybridized carbons (Fsp3) is 0.867. The van der Waals surface area contributed by atoms with E-state index in [-0.39, 0.29) is 18.1 Å². The standard InChI is InChI=1S/C15H27N3O4/c1-11(2)22-10-9-17-5-7-18(8-6-17)14(19)12-3-4-13(16-12)15(20)21/h11-13,16H,3-10H2,1-2H3,(H,20,21)/t12-,13+/m1/s1. The van der Waals surface area contributed by atoms with Crippen LogP contribution in [0.2, 0.25) is 0 Å². The predicted molar refractivity (Wildman–Crippen MR) is 81.7 cm³/mol. The Balaban J connectivity index is 1.70. The van der Waals surface area contributed by atoms with Crippen molar-refractivity contribution in [2.75, 3.05) is 39.3 Å². The van der Waals surface area contributed by atoms with Gasteiger partial charge >= 0.3 is 5.97 Å². The van der Waals surface area contributed by atoms with E-state index < -0.39 is 12.0 Å². The van der Waals surface area contributed by atoms with E-state index in [9.17, 15) is 9.59 Å². The molecule has 2 aliphatic rings. The molecule has 0 spiro atoms. The van der Waals surface area contributed by atoms with Crippen LogP contribution in [0, 0.1) is 0 Å². The van der Waals surface area contributed by atoms with Crippen LogP contribution >= 0.6 is 0 Å². The number of nitrogens with one attached hydrogen (secondary N) is 1. The Morgan fingerprint density at radius 3 is 2.36 bits per heavy atom. The van der Waals surface area contributed by atoms with Crippen LogP contribution in [0.15, 0.2) is 0 Å². The Labute approximate surface area is 131 Å². The van der Waals surface area contributed by atoms with Crippen molar-refractivity contribution >= 4 is 11.9 Å². The molecule has 2 N–H and O–H groups in total. The van der Waals surface area contributed by atoms with Crippen LogP contribution in [0.1, 0.15) is 26.7 Å². The first kappa shape index (κ1) is 17.2. The zero-order chi connectivity index (χ0) is 16.1. The van der Waals surface area contributed by atoms with E-state index in [0.29, 0.717) is 25.9 Å². The van der Waals surface area contributed by atoms with Crippen molar-refractivity contribution in [1.82, 2.24) is 15.1 Å². The zero-order valence-corrected chi connectivity index (χ0v) is 13.5. The van der Waals surface area contributed by atoms with Gasteiger partial charge in [-0.15, -0.1) is 0 Å². The summed E-state index contributed by atoms with van der Waals surface area (Å²) in [7, 11) is 0. The number of carbonyl (C=O) groups excluding carboxylic acids is 1. The molecule has 2 heterocycles. The number of carboxylic acids is 1. The molecule has 0 saturated carbocycles. The minimum atomic E-state index is -0.870. The number of carbonyl (C=O) groups is 2. The van der Waals surface area contributed by atoms with Crippen LogP contribution in [0.3, 0.4) is 0 Å². The molecule has 2 fully saturated rings. The van der Waals surface area contributed by atoms with E-state index in [1.807, 2.05) is 18.7 Å². The van der Waals surface area contributed by atoms with Crippen molar-refractivity contribution in [3.63, 3.8) is 0 Å². The second kappa shape index (κ2) is 7.89. The number of amides is 1. The lowest BCUT2D eigenvalue weighted by atomic mass is 10.1. The molecule has 0 aliphatic carbocycles. The molecule has 0 aromatic rings. The van der Waals surface area contributed by atoms with Crippen LogP contribution in [0.4, 0.5) is 0 Å². The lowest BCUT2D eigenvalue weighted by Gasteiger charge is -2.36. The lowest BCUT2D eigenvalue weighted by molar-refractivity contribution is -0.139.